The van der Waals surface area contributed by atoms with Gasteiger partial charge in [0, 0.05) is 0 Å². The van der Waals surface area contributed by atoms with Gasteiger partial charge in [0.25, 0.3) is 0 Å². The number of halogens is 5. The summed E-state index contributed by atoms with van der Waals surface area (Å²) in [6.45, 7) is 1.52. The Morgan fingerprint density at radius 2 is 1.67 bits per heavy atom. The first-order valence-corrected chi connectivity index (χ1v) is 6.01. The molecule has 1 N–H and O–H groups in total. The van der Waals surface area contributed by atoms with Crippen LogP contribution >= 0.6 is 0 Å². The molecular weight excluding hydrogens is 291 g/mol. The zero-order valence-corrected chi connectivity index (χ0v) is 10.9. The molecular formula is C15H11F5O. The molecule has 0 aliphatic rings. The lowest BCUT2D eigenvalue weighted by molar-refractivity contribution is -0.140. The summed E-state index contributed by atoms with van der Waals surface area (Å²) in [6, 6.07) is 5.82. The van der Waals surface area contributed by atoms with E-state index in [1.54, 1.807) is 0 Å². The molecule has 2 aromatic rings. The van der Waals surface area contributed by atoms with Crippen LogP contribution < -0.4 is 0 Å². The van der Waals surface area contributed by atoms with Crippen molar-refractivity contribution in [3.63, 3.8) is 0 Å². The van der Waals surface area contributed by atoms with Crippen LogP contribution in [0, 0.1) is 18.6 Å². The Labute approximate surface area is 117 Å². The monoisotopic (exact) mass is 302 g/mol. The highest BCUT2D eigenvalue weighted by molar-refractivity contribution is 5.38. The highest BCUT2D eigenvalue weighted by Crippen LogP contribution is 2.34. The second kappa shape index (κ2) is 5.44. The molecule has 1 unspecified atom stereocenters. The highest BCUT2D eigenvalue weighted by Gasteiger charge is 2.34. The van der Waals surface area contributed by atoms with Crippen molar-refractivity contribution in [3.05, 3.63) is 70.3 Å². The van der Waals surface area contributed by atoms with Crippen molar-refractivity contribution in [2.75, 3.05) is 0 Å². The molecule has 1 nitrogen and oxygen atoms in total. The van der Waals surface area contributed by atoms with Crippen LogP contribution in [0.4, 0.5) is 22.0 Å². The van der Waals surface area contributed by atoms with Crippen molar-refractivity contribution in [1.29, 1.82) is 0 Å². The highest BCUT2D eigenvalue weighted by atomic mass is 19.4. The molecule has 0 aromatic heterocycles. The first-order valence-electron chi connectivity index (χ1n) is 6.01. The zero-order chi connectivity index (χ0) is 15.8. The van der Waals surface area contributed by atoms with Gasteiger partial charge < -0.3 is 5.11 Å². The summed E-state index contributed by atoms with van der Waals surface area (Å²) in [5, 5.41) is 10.1. The maximum Gasteiger partial charge on any atom is 0.419 e. The molecule has 0 spiro atoms. The normalized spacial score (nSPS) is 13.3. The third-order valence-electron chi connectivity index (χ3n) is 3.14. The minimum Gasteiger partial charge on any atom is -0.384 e. The van der Waals surface area contributed by atoms with Gasteiger partial charge in [-0.25, -0.2) is 8.78 Å². The summed E-state index contributed by atoms with van der Waals surface area (Å²) in [7, 11) is 0. The third kappa shape index (κ3) is 3.21. The molecule has 0 fully saturated rings. The lowest BCUT2D eigenvalue weighted by atomic mass is 9.96. The quantitative estimate of drug-likeness (QED) is 0.817. The fraction of sp³-hybridized carbons (Fsp3) is 0.200. The van der Waals surface area contributed by atoms with Gasteiger partial charge in [-0.3, -0.25) is 0 Å². The maximum absolute atomic E-state index is 13.2. The standard InChI is InChI=1S/C15H11F5O/c1-8-6-10(16)3-4-11(8)14(21)9-2-5-13(17)12(7-9)15(18,19)20/h2-7,14,21H,1H3. The largest absolute Gasteiger partial charge is 0.419 e. The summed E-state index contributed by atoms with van der Waals surface area (Å²) in [4.78, 5) is 0. The van der Waals surface area contributed by atoms with Crippen molar-refractivity contribution in [2.24, 2.45) is 0 Å². The van der Waals surface area contributed by atoms with Crippen LogP contribution in [0.1, 0.15) is 28.4 Å². The molecule has 112 valence electrons. The minimum atomic E-state index is -4.85. The van der Waals surface area contributed by atoms with Crippen LogP contribution in [0.25, 0.3) is 0 Å². The smallest absolute Gasteiger partial charge is 0.384 e. The van der Waals surface area contributed by atoms with E-state index >= 15 is 0 Å². The van der Waals surface area contributed by atoms with Crippen molar-refractivity contribution >= 4 is 0 Å². The van der Waals surface area contributed by atoms with Gasteiger partial charge in [-0.1, -0.05) is 12.1 Å². The predicted molar refractivity (Wildman–Crippen MR) is 66.6 cm³/mol. The number of benzene rings is 2. The summed E-state index contributed by atoms with van der Waals surface area (Å²) in [6.07, 6.45) is -6.25. The Morgan fingerprint density at radius 3 is 2.24 bits per heavy atom. The van der Waals surface area contributed by atoms with Gasteiger partial charge in [0.05, 0.1) is 5.56 Å². The number of aliphatic hydroxyl groups is 1. The molecule has 1 atom stereocenters. The van der Waals surface area contributed by atoms with Gasteiger partial charge >= 0.3 is 6.18 Å². The predicted octanol–water partition coefficient (Wildman–Crippen LogP) is 4.37. The van der Waals surface area contributed by atoms with Gasteiger partial charge in [-0.2, -0.15) is 13.2 Å². The first-order chi connectivity index (χ1) is 9.70. The van der Waals surface area contributed by atoms with E-state index in [1.165, 1.54) is 13.0 Å². The molecule has 0 saturated carbocycles. The number of alkyl halides is 3. The van der Waals surface area contributed by atoms with Gasteiger partial charge in [-0.15, -0.1) is 0 Å². The minimum absolute atomic E-state index is 0.113. The van der Waals surface area contributed by atoms with Crippen LogP contribution in [0.5, 0.6) is 0 Å². The summed E-state index contributed by atoms with van der Waals surface area (Å²) in [5.74, 6) is -1.92. The first kappa shape index (κ1) is 15.4. The Balaban J connectivity index is 2.46. The van der Waals surface area contributed by atoms with Crippen LogP contribution in [-0.4, -0.2) is 5.11 Å². The van der Waals surface area contributed by atoms with Gasteiger partial charge in [0.1, 0.15) is 17.7 Å². The van der Waals surface area contributed by atoms with E-state index in [-0.39, 0.29) is 11.1 Å². The summed E-state index contributed by atoms with van der Waals surface area (Å²) < 4.78 is 64.2. The molecule has 0 saturated heterocycles. The third-order valence-corrected chi connectivity index (χ3v) is 3.14. The van der Waals surface area contributed by atoms with E-state index in [4.69, 9.17) is 0 Å². The van der Waals surface area contributed by atoms with Crippen molar-refractivity contribution in [2.45, 2.75) is 19.2 Å². The van der Waals surface area contributed by atoms with E-state index in [1.807, 2.05) is 0 Å². The van der Waals surface area contributed by atoms with Gasteiger partial charge in [-0.05, 0) is 47.9 Å². The number of hydrogen-bond donors (Lipinski definition) is 1. The van der Waals surface area contributed by atoms with Crippen molar-refractivity contribution in [1.82, 2.24) is 0 Å². The lowest BCUT2D eigenvalue weighted by Crippen LogP contribution is -2.10. The number of aryl methyl sites for hydroxylation is 1. The molecule has 6 heteroatoms. The summed E-state index contributed by atoms with van der Waals surface area (Å²) in [5.41, 5.74) is -0.909. The molecule has 0 radical (unpaired) electrons. The Hall–Kier alpha value is -1.95. The summed E-state index contributed by atoms with van der Waals surface area (Å²) >= 11 is 0. The molecule has 2 rings (SSSR count). The Bertz CT molecular complexity index is 664. The molecule has 0 amide bonds. The topological polar surface area (TPSA) is 20.2 Å². The fourth-order valence-electron chi connectivity index (χ4n) is 2.06. The van der Waals surface area contributed by atoms with Crippen molar-refractivity contribution in [3.8, 4) is 0 Å². The van der Waals surface area contributed by atoms with E-state index in [9.17, 15) is 27.1 Å². The van der Waals surface area contributed by atoms with Gasteiger partial charge in [0.15, 0.2) is 0 Å². The molecule has 0 aliphatic carbocycles. The lowest BCUT2D eigenvalue weighted by Gasteiger charge is -2.16. The molecule has 2 aromatic carbocycles. The average molecular weight is 302 g/mol. The molecule has 0 bridgehead atoms. The van der Waals surface area contributed by atoms with E-state index < -0.39 is 29.5 Å². The Kier molecular flexibility index (Phi) is 4.00. The van der Waals surface area contributed by atoms with E-state index in [0.717, 1.165) is 18.2 Å². The van der Waals surface area contributed by atoms with Gasteiger partial charge in [0.2, 0.25) is 0 Å². The number of hydrogen-bond acceptors (Lipinski definition) is 1. The Morgan fingerprint density at radius 1 is 1.00 bits per heavy atom. The maximum atomic E-state index is 13.2. The number of aliphatic hydroxyl groups excluding tert-OH is 1. The average Bonchev–Trinajstić information content (AvgIpc) is 2.37. The van der Waals surface area contributed by atoms with Crippen LogP contribution in [-0.2, 0) is 6.18 Å². The second-order valence-corrected chi connectivity index (χ2v) is 4.64. The fourth-order valence-corrected chi connectivity index (χ4v) is 2.06. The molecule has 0 heterocycles. The van der Waals surface area contributed by atoms with Crippen LogP contribution in [0.15, 0.2) is 36.4 Å². The number of rotatable bonds is 2. The molecule has 21 heavy (non-hydrogen) atoms. The van der Waals surface area contributed by atoms with E-state index in [2.05, 4.69) is 0 Å². The SMILES string of the molecule is Cc1cc(F)ccc1C(O)c1ccc(F)c(C(F)(F)F)c1. The second-order valence-electron chi connectivity index (χ2n) is 4.64. The van der Waals surface area contributed by atoms with Crippen LogP contribution in [0.3, 0.4) is 0 Å². The van der Waals surface area contributed by atoms with E-state index in [0.29, 0.717) is 17.7 Å². The zero-order valence-electron chi connectivity index (χ0n) is 10.9. The molecule has 0 aliphatic heterocycles. The van der Waals surface area contributed by atoms with Crippen molar-refractivity contribution < 1.29 is 27.1 Å². The van der Waals surface area contributed by atoms with Crippen LogP contribution in [0.2, 0.25) is 0 Å².